The molecule has 0 unspecified atom stereocenters. The summed E-state index contributed by atoms with van der Waals surface area (Å²) < 4.78 is 73.2. The number of hydrogen-bond acceptors (Lipinski definition) is 4. The van der Waals surface area contributed by atoms with Gasteiger partial charge in [0.1, 0.15) is 4.90 Å². The van der Waals surface area contributed by atoms with Gasteiger partial charge in [0.15, 0.2) is 0 Å². The van der Waals surface area contributed by atoms with Crippen LogP contribution in [0.3, 0.4) is 0 Å². The van der Waals surface area contributed by atoms with E-state index in [9.17, 15) is 30.8 Å². The molecule has 1 heterocycles. The summed E-state index contributed by atoms with van der Waals surface area (Å²) in [5, 5.41) is -4.68. The summed E-state index contributed by atoms with van der Waals surface area (Å²) in [6.07, 6.45) is -4.09. The molecule has 0 saturated carbocycles. The van der Waals surface area contributed by atoms with Gasteiger partial charge in [0.05, 0.1) is 17.5 Å². The van der Waals surface area contributed by atoms with Gasteiger partial charge in [0.2, 0.25) is 0 Å². The maximum atomic E-state index is 12.9. The molecular weight excluding hydrogens is 310 g/mol. The molecule has 104 valence electrons. The molecule has 0 aliphatic carbocycles. The summed E-state index contributed by atoms with van der Waals surface area (Å²) in [4.78, 5) is 11.2. The molecule has 0 N–H and O–H groups in total. The smallest absolute Gasteiger partial charge is 0.267 e. The fraction of sp³-hybridized carbons (Fsp3) is 0.222. The van der Waals surface area contributed by atoms with E-state index < -0.39 is 44.5 Å². The van der Waals surface area contributed by atoms with Crippen LogP contribution >= 0.6 is 11.9 Å². The van der Waals surface area contributed by atoms with Crippen molar-refractivity contribution in [1.29, 1.82) is 0 Å². The molecule has 1 aromatic rings. The van der Waals surface area contributed by atoms with Crippen LogP contribution in [0, 0.1) is 0 Å². The van der Waals surface area contributed by atoms with E-state index in [0.717, 1.165) is 12.1 Å². The predicted octanol–water partition coefficient (Wildman–Crippen LogP) is 2.34. The number of amides is 1. The van der Waals surface area contributed by atoms with Crippen LogP contribution in [0.5, 0.6) is 0 Å². The Bertz CT molecular complexity index is 632. The van der Waals surface area contributed by atoms with Gasteiger partial charge in [-0.15, -0.1) is 0 Å². The molecule has 0 spiro atoms. The molecule has 4 nitrogen and oxygen atoms in total. The van der Waals surface area contributed by atoms with E-state index in [1.54, 1.807) is 0 Å². The molecule has 2 rings (SSSR count). The Morgan fingerprint density at radius 3 is 2.32 bits per heavy atom. The Kier molecular flexibility index (Phi) is 3.25. The quantitative estimate of drug-likeness (QED) is 0.634. The molecule has 0 fully saturated rings. The molecule has 0 radical (unpaired) electrons. The molecular formula is C9H5F4NO3S2. The van der Waals surface area contributed by atoms with Crippen molar-refractivity contribution in [3.8, 4) is 0 Å². The number of alkyl halides is 4. The largest absolute Gasteiger partial charge is 0.372 e. The van der Waals surface area contributed by atoms with Crippen LogP contribution in [0.2, 0.25) is 0 Å². The molecule has 1 amide bonds. The van der Waals surface area contributed by atoms with Crippen LogP contribution in [0.4, 0.5) is 17.6 Å². The molecule has 0 aromatic heterocycles. The van der Waals surface area contributed by atoms with Crippen molar-refractivity contribution in [3.05, 3.63) is 29.8 Å². The van der Waals surface area contributed by atoms with Crippen molar-refractivity contribution in [2.75, 3.05) is 0 Å². The Labute approximate surface area is 109 Å². The Balaban J connectivity index is 2.44. The van der Waals surface area contributed by atoms with Crippen LogP contribution < -0.4 is 0 Å². The van der Waals surface area contributed by atoms with Crippen LogP contribution in [0.15, 0.2) is 29.2 Å². The maximum Gasteiger partial charge on any atom is 0.372 e. The van der Waals surface area contributed by atoms with Gasteiger partial charge in [-0.25, -0.2) is 17.2 Å². The summed E-state index contributed by atoms with van der Waals surface area (Å²) in [7, 11) is -4.53. The molecule has 1 aromatic carbocycles. The number of fused-ring (bicyclic) bond motifs is 1. The van der Waals surface area contributed by atoms with Gasteiger partial charge in [-0.05, 0) is 12.1 Å². The van der Waals surface area contributed by atoms with Crippen molar-refractivity contribution in [1.82, 2.24) is 3.71 Å². The van der Waals surface area contributed by atoms with E-state index in [-0.39, 0.29) is 9.27 Å². The topological polar surface area (TPSA) is 54.5 Å². The lowest BCUT2D eigenvalue weighted by molar-refractivity contribution is -0.0575. The van der Waals surface area contributed by atoms with E-state index in [0.29, 0.717) is 0 Å². The zero-order valence-corrected chi connectivity index (χ0v) is 10.5. The zero-order chi connectivity index (χ0) is 14.4. The summed E-state index contributed by atoms with van der Waals surface area (Å²) >= 11 is -0.998. The van der Waals surface area contributed by atoms with Crippen LogP contribution in [0.1, 0.15) is 10.4 Å². The Morgan fingerprint density at radius 2 is 1.79 bits per heavy atom. The highest BCUT2D eigenvalue weighted by Gasteiger charge is 2.52. The highest BCUT2D eigenvalue weighted by atomic mass is 32.3. The van der Waals surface area contributed by atoms with Crippen molar-refractivity contribution in [2.45, 2.75) is 16.6 Å². The van der Waals surface area contributed by atoms with E-state index in [2.05, 4.69) is 0 Å². The van der Waals surface area contributed by atoms with Crippen LogP contribution in [-0.2, 0) is 10.0 Å². The summed E-state index contributed by atoms with van der Waals surface area (Å²) in [6, 6.07) is 4.80. The minimum absolute atomic E-state index is 0.302. The molecule has 1 aliphatic heterocycles. The number of rotatable bonds is 3. The lowest BCUT2D eigenvalue weighted by Gasteiger charge is -2.20. The molecule has 10 heteroatoms. The zero-order valence-electron chi connectivity index (χ0n) is 8.89. The lowest BCUT2D eigenvalue weighted by atomic mass is 10.2. The second-order valence-electron chi connectivity index (χ2n) is 3.49. The molecule has 0 atom stereocenters. The van der Waals surface area contributed by atoms with Crippen molar-refractivity contribution in [2.24, 2.45) is 0 Å². The molecule has 0 saturated heterocycles. The van der Waals surface area contributed by atoms with Crippen LogP contribution in [-0.4, -0.2) is 29.7 Å². The van der Waals surface area contributed by atoms with Gasteiger partial charge < -0.3 is 0 Å². The van der Waals surface area contributed by atoms with Crippen molar-refractivity contribution < 1.29 is 30.8 Å². The van der Waals surface area contributed by atoms with Crippen molar-refractivity contribution >= 4 is 27.9 Å². The number of sulfonamides is 1. The highest BCUT2D eigenvalue weighted by Crippen LogP contribution is 2.44. The SMILES string of the molecule is O=C1c2ccccc2S(=O)(=O)N1SC(F)(F)C(F)F. The first-order valence-corrected chi connectivity index (χ1v) is 6.93. The monoisotopic (exact) mass is 315 g/mol. The average Bonchev–Trinajstić information content (AvgIpc) is 2.51. The minimum atomic E-state index is -4.68. The standard InChI is InChI=1S/C9H5F4NO3S2/c10-8(11)9(12,13)18-14-7(15)5-3-1-2-4-6(5)19(14,16)17/h1-4,8H. The van der Waals surface area contributed by atoms with E-state index in [1.165, 1.54) is 12.1 Å². The van der Waals surface area contributed by atoms with Gasteiger partial charge in [-0.2, -0.15) is 12.5 Å². The van der Waals surface area contributed by atoms with E-state index in [4.69, 9.17) is 0 Å². The second-order valence-corrected chi connectivity index (χ2v) is 6.57. The highest BCUT2D eigenvalue weighted by molar-refractivity contribution is 8.10. The number of carbonyl (C=O) groups excluding carboxylic acids is 1. The minimum Gasteiger partial charge on any atom is -0.267 e. The first-order chi connectivity index (χ1) is 8.68. The Hall–Kier alpha value is -1.29. The summed E-state index contributed by atoms with van der Waals surface area (Å²) in [5.41, 5.74) is -0.319. The third-order valence-corrected chi connectivity index (χ3v) is 5.32. The summed E-state index contributed by atoms with van der Waals surface area (Å²) in [5.74, 6) is -1.26. The first-order valence-electron chi connectivity index (χ1n) is 4.71. The number of carbonyl (C=O) groups is 1. The molecule has 1 aliphatic rings. The van der Waals surface area contributed by atoms with Crippen molar-refractivity contribution in [3.63, 3.8) is 0 Å². The third kappa shape index (κ3) is 2.18. The van der Waals surface area contributed by atoms with E-state index >= 15 is 0 Å². The van der Waals surface area contributed by atoms with Gasteiger partial charge in [-0.1, -0.05) is 12.1 Å². The maximum absolute atomic E-state index is 12.9. The molecule has 19 heavy (non-hydrogen) atoms. The van der Waals surface area contributed by atoms with Gasteiger partial charge in [-0.3, -0.25) is 4.79 Å². The third-order valence-electron chi connectivity index (χ3n) is 2.24. The average molecular weight is 315 g/mol. The van der Waals surface area contributed by atoms with E-state index in [1.807, 2.05) is 0 Å². The first kappa shape index (κ1) is 14.1. The number of nitrogens with zero attached hydrogens (tertiary/aromatic N) is 1. The molecule has 0 bridgehead atoms. The lowest BCUT2D eigenvalue weighted by Crippen LogP contribution is -2.32. The van der Waals surface area contributed by atoms with Gasteiger partial charge >= 0.3 is 11.7 Å². The Morgan fingerprint density at radius 1 is 1.21 bits per heavy atom. The van der Waals surface area contributed by atoms with Crippen LogP contribution in [0.25, 0.3) is 0 Å². The second kappa shape index (κ2) is 4.37. The van der Waals surface area contributed by atoms with Gasteiger partial charge in [0.25, 0.3) is 15.9 Å². The number of hydrogen-bond donors (Lipinski definition) is 0. The predicted molar refractivity (Wildman–Crippen MR) is 58.3 cm³/mol. The number of halogens is 4. The normalized spacial score (nSPS) is 17.9. The fourth-order valence-electron chi connectivity index (χ4n) is 1.41. The summed E-state index contributed by atoms with van der Waals surface area (Å²) in [6.45, 7) is 0. The fourth-order valence-corrected chi connectivity index (χ4v) is 4.00. The number of benzene rings is 1. The van der Waals surface area contributed by atoms with Gasteiger partial charge in [0, 0.05) is 0 Å².